The van der Waals surface area contributed by atoms with Gasteiger partial charge >= 0.3 is 0 Å². The molecule has 2 rings (SSSR count). The fourth-order valence-corrected chi connectivity index (χ4v) is 1.50. The van der Waals surface area contributed by atoms with E-state index >= 15 is 0 Å². The molecule has 1 aromatic heterocycles. The fourth-order valence-electron chi connectivity index (χ4n) is 1.35. The molecule has 14 heavy (non-hydrogen) atoms. The van der Waals surface area contributed by atoms with E-state index in [4.69, 9.17) is 11.6 Å². The Hall–Kier alpha value is -1.28. The van der Waals surface area contributed by atoms with Gasteiger partial charge in [0.2, 0.25) is 0 Å². The molecule has 0 amide bonds. The number of halogens is 1. The van der Waals surface area contributed by atoms with Crippen molar-refractivity contribution < 1.29 is 0 Å². The third-order valence-electron chi connectivity index (χ3n) is 2.36. The molecule has 3 heteroatoms. The molecule has 0 unspecified atom stereocenters. The van der Waals surface area contributed by atoms with E-state index in [9.17, 15) is 0 Å². The maximum atomic E-state index is 5.71. The summed E-state index contributed by atoms with van der Waals surface area (Å²) in [5.41, 5.74) is 4.64. The van der Waals surface area contributed by atoms with Crippen molar-refractivity contribution in [3.63, 3.8) is 0 Å². The van der Waals surface area contributed by atoms with E-state index in [1.807, 2.05) is 0 Å². The zero-order valence-corrected chi connectivity index (χ0v) is 8.89. The SMILES string of the molecule is Cc1ccc(-c2cnc(Cl)[nH]2)cc1C. The number of nitrogens with zero attached hydrogens (tertiary/aromatic N) is 1. The number of aromatic amines is 1. The lowest BCUT2D eigenvalue weighted by Crippen LogP contribution is -1.83. The minimum Gasteiger partial charge on any atom is -0.329 e. The highest BCUT2D eigenvalue weighted by molar-refractivity contribution is 6.28. The molecule has 2 nitrogen and oxygen atoms in total. The highest BCUT2D eigenvalue weighted by Gasteiger charge is 2.02. The van der Waals surface area contributed by atoms with Crippen LogP contribution in [0.5, 0.6) is 0 Å². The van der Waals surface area contributed by atoms with E-state index in [0.717, 1.165) is 11.3 Å². The highest BCUT2D eigenvalue weighted by Crippen LogP contribution is 2.21. The maximum absolute atomic E-state index is 5.71. The largest absolute Gasteiger partial charge is 0.329 e. The average Bonchev–Trinajstić information content (AvgIpc) is 2.57. The summed E-state index contributed by atoms with van der Waals surface area (Å²) in [7, 11) is 0. The van der Waals surface area contributed by atoms with Gasteiger partial charge in [-0.25, -0.2) is 4.98 Å². The number of aryl methyl sites for hydroxylation is 2. The lowest BCUT2D eigenvalue weighted by atomic mass is 10.1. The van der Waals surface area contributed by atoms with Crippen LogP contribution in [-0.2, 0) is 0 Å². The second-order valence-electron chi connectivity index (χ2n) is 3.39. The van der Waals surface area contributed by atoms with Crippen molar-refractivity contribution in [2.24, 2.45) is 0 Å². The van der Waals surface area contributed by atoms with Crippen molar-refractivity contribution in [3.05, 3.63) is 40.8 Å². The second-order valence-corrected chi connectivity index (χ2v) is 3.74. The number of hydrogen-bond donors (Lipinski definition) is 1. The summed E-state index contributed by atoms with van der Waals surface area (Å²) in [6.07, 6.45) is 1.74. The van der Waals surface area contributed by atoms with Crippen molar-refractivity contribution >= 4 is 11.6 Å². The molecule has 2 aromatic rings. The van der Waals surface area contributed by atoms with Gasteiger partial charge < -0.3 is 4.98 Å². The van der Waals surface area contributed by atoms with Gasteiger partial charge in [-0.15, -0.1) is 0 Å². The van der Waals surface area contributed by atoms with E-state index in [1.165, 1.54) is 11.1 Å². The number of rotatable bonds is 1. The molecule has 1 N–H and O–H groups in total. The van der Waals surface area contributed by atoms with E-state index in [-0.39, 0.29) is 0 Å². The molecule has 0 bridgehead atoms. The van der Waals surface area contributed by atoms with Crippen LogP contribution < -0.4 is 0 Å². The van der Waals surface area contributed by atoms with Gasteiger partial charge in [-0.3, -0.25) is 0 Å². The summed E-state index contributed by atoms with van der Waals surface area (Å²) in [5.74, 6) is 0. The molecule has 0 aliphatic heterocycles. The molecule has 1 aromatic carbocycles. The first kappa shape index (κ1) is 9.28. The first-order valence-electron chi connectivity index (χ1n) is 4.45. The smallest absolute Gasteiger partial charge is 0.200 e. The quantitative estimate of drug-likeness (QED) is 0.762. The van der Waals surface area contributed by atoms with Crippen LogP contribution in [0.3, 0.4) is 0 Å². The molecule has 0 spiro atoms. The lowest BCUT2D eigenvalue weighted by molar-refractivity contribution is 1.30. The molecule has 0 radical (unpaired) electrons. The fraction of sp³-hybridized carbons (Fsp3) is 0.182. The monoisotopic (exact) mass is 206 g/mol. The Bertz CT molecular complexity index is 460. The van der Waals surface area contributed by atoms with Gasteiger partial charge in [0.05, 0.1) is 11.9 Å². The molecule has 0 saturated carbocycles. The van der Waals surface area contributed by atoms with Gasteiger partial charge in [0, 0.05) is 0 Å². The molecule has 0 aliphatic rings. The number of imidazole rings is 1. The molecular weight excluding hydrogens is 196 g/mol. The van der Waals surface area contributed by atoms with Gasteiger partial charge in [0.25, 0.3) is 0 Å². The van der Waals surface area contributed by atoms with E-state index < -0.39 is 0 Å². The zero-order valence-electron chi connectivity index (χ0n) is 8.13. The van der Waals surface area contributed by atoms with E-state index in [2.05, 4.69) is 42.0 Å². The van der Waals surface area contributed by atoms with Gasteiger partial charge in [-0.05, 0) is 48.2 Å². The Morgan fingerprint density at radius 3 is 2.57 bits per heavy atom. The van der Waals surface area contributed by atoms with Crippen molar-refractivity contribution in [2.45, 2.75) is 13.8 Å². The number of H-pyrrole nitrogens is 1. The first-order chi connectivity index (χ1) is 6.66. The Morgan fingerprint density at radius 1 is 1.21 bits per heavy atom. The minimum absolute atomic E-state index is 0.429. The summed E-state index contributed by atoms with van der Waals surface area (Å²) in [5, 5.41) is 0.429. The van der Waals surface area contributed by atoms with Crippen LogP contribution >= 0.6 is 11.6 Å². The van der Waals surface area contributed by atoms with E-state index in [1.54, 1.807) is 6.20 Å². The molecule has 72 valence electrons. The second kappa shape index (κ2) is 3.46. The first-order valence-corrected chi connectivity index (χ1v) is 4.83. The summed E-state index contributed by atoms with van der Waals surface area (Å²) >= 11 is 5.71. The topological polar surface area (TPSA) is 28.7 Å². The standard InChI is InChI=1S/C11H11ClN2/c1-7-3-4-9(5-8(7)2)10-6-13-11(12)14-10/h3-6H,1-2H3,(H,13,14). The van der Waals surface area contributed by atoms with Gasteiger partial charge in [0.15, 0.2) is 5.28 Å². The molecule has 0 aliphatic carbocycles. The predicted octanol–water partition coefficient (Wildman–Crippen LogP) is 3.35. The van der Waals surface area contributed by atoms with Crippen molar-refractivity contribution in [3.8, 4) is 11.3 Å². The Kier molecular flexibility index (Phi) is 2.30. The van der Waals surface area contributed by atoms with E-state index in [0.29, 0.717) is 5.28 Å². The van der Waals surface area contributed by atoms with Crippen LogP contribution in [0.2, 0.25) is 5.28 Å². The van der Waals surface area contributed by atoms with Crippen LogP contribution in [0.25, 0.3) is 11.3 Å². The number of aromatic nitrogens is 2. The third-order valence-corrected chi connectivity index (χ3v) is 2.55. The summed E-state index contributed by atoms with van der Waals surface area (Å²) in [6, 6.07) is 6.28. The Labute approximate surface area is 88.0 Å². The molecule has 1 heterocycles. The summed E-state index contributed by atoms with van der Waals surface area (Å²) < 4.78 is 0. The zero-order chi connectivity index (χ0) is 10.1. The van der Waals surface area contributed by atoms with Crippen LogP contribution in [0.15, 0.2) is 24.4 Å². The Balaban J connectivity index is 2.47. The normalized spacial score (nSPS) is 10.5. The minimum atomic E-state index is 0.429. The lowest BCUT2D eigenvalue weighted by Gasteiger charge is -2.02. The van der Waals surface area contributed by atoms with Gasteiger partial charge in [-0.1, -0.05) is 12.1 Å². The van der Waals surface area contributed by atoms with Gasteiger partial charge in [0.1, 0.15) is 0 Å². The number of benzene rings is 1. The molecule has 0 atom stereocenters. The van der Waals surface area contributed by atoms with Crippen LogP contribution in [0.4, 0.5) is 0 Å². The maximum Gasteiger partial charge on any atom is 0.200 e. The number of nitrogens with one attached hydrogen (secondary N) is 1. The average molecular weight is 207 g/mol. The van der Waals surface area contributed by atoms with Crippen molar-refractivity contribution in [2.75, 3.05) is 0 Å². The molecule has 0 fully saturated rings. The van der Waals surface area contributed by atoms with Crippen LogP contribution in [-0.4, -0.2) is 9.97 Å². The molecular formula is C11H11ClN2. The third kappa shape index (κ3) is 1.66. The summed E-state index contributed by atoms with van der Waals surface area (Å²) in [4.78, 5) is 6.95. The van der Waals surface area contributed by atoms with Crippen molar-refractivity contribution in [1.29, 1.82) is 0 Å². The molecule has 0 saturated heterocycles. The summed E-state index contributed by atoms with van der Waals surface area (Å²) in [6.45, 7) is 4.19. The van der Waals surface area contributed by atoms with Crippen LogP contribution in [0, 0.1) is 13.8 Å². The highest BCUT2D eigenvalue weighted by atomic mass is 35.5. The predicted molar refractivity (Wildman–Crippen MR) is 58.5 cm³/mol. The van der Waals surface area contributed by atoms with Crippen LogP contribution in [0.1, 0.15) is 11.1 Å². The number of hydrogen-bond acceptors (Lipinski definition) is 1. The van der Waals surface area contributed by atoms with Crippen molar-refractivity contribution in [1.82, 2.24) is 9.97 Å². The Morgan fingerprint density at radius 2 is 2.00 bits per heavy atom. The van der Waals surface area contributed by atoms with Gasteiger partial charge in [-0.2, -0.15) is 0 Å².